The Morgan fingerprint density at radius 2 is 1.90 bits per heavy atom. The van der Waals surface area contributed by atoms with Crippen LogP contribution in [-0.4, -0.2) is 46.1 Å². The van der Waals surface area contributed by atoms with E-state index in [1.165, 1.54) is 30.9 Å². The molecule has 2 aliphatic heterocycles. The second-order valence-electron chi connectivity index (χ2n) is 12.0. The van der Waals surface area contributed by atoms with Crippen LogP contribution in [0.5, 0.6) is 0 Å². The number of nitrogens with zero attached hydrogens (tertiary/aromatic N) is 4. The van der Waals surface area contributed by atoms with Crippen molar-refractivity contribution in [3.05, 3.63) is 69.9 Å². The minimum Gasteiger partial charge on any atom is -0.481 e. The molecular weight excluding hydrogens is 557 g/mol. The van der Waals surface area contributed by atoms with Crippen molar-refractivity contribution in [2.24, 2.45) is 5.92 Å². The number of fused-ring (bicyclic) bond motifs is 2. The first-order valence-electron chi connectivity index (χ1n) is 13.8. The maximum Gasteiger partial charge on any atom is 0.421 e. The number of aromatic nitrogens is 2. The number of likely N-dealkylation sites (N-methyl/N-ethyl adjacent to an activating group) is 1. The van der Waals surface area contributed by atoms with E-state index >= 15 is 0 Å². The number of carboxylic acids is 1. The predicted octanol–water partition coefficient (Wildman–Crippen LogP) is 6.34. The molecule has 42 heavy (non-hydrogen) atoms. The molecule has 222 valence electrons. The molecule has 1 fully saturated rings. The highest BCUT2D eigenvalue weighted by atomic mass is 19.4. The number of benzene rings is 2. The van der Waals surface area contributed by atoms with Crippen molar-refractivity contribution >= 4 is 29.1 Å². The average molecular weight is 588 g/mol. The number of rotatable bonds is 7. The number of nitrogens with one attached hydrogen (secondary N) is 1. The summed E-state index contributed by atoms with van der Waals surface area (Å²) in [6.07, 6.45) is -0.487. The Bertz CT molecular complexity index is 1570. The summed E-state index contributed by atoms with van der Waals surface area (Å²) in [7, 11) is 2.04. The van der Waals surface area contributed by atoms with Crippen LogP contribution in [0.2, 0.25) is 0 Å². The van der Waals surface area contributed by atoms with Gasteiger partial charge in [0.1, 0.15) is 5.56 Å². The number of halogens is 5. The van der Waals surface area contributed by atoms with E-state index in [0.29, 0.717) is 17.8 Å². The monoisotopic (exact) mass is 587 g/mol. The molecule has 3 heterocycles. The van der Waals surface area contributed by atoms with Crippen molar-refractivity contribution in [2.45, 2.75) is 57.2 Å². The Kier molecular flexibility index (Phi) is 6.87. The van der Waals surface area contributed by atoms with Gasteiger partial charge in [0.25, 0.3) is 0 Å². The zero-order valence-corrected chi connectivity index (χ0v) is 23.2. The third-order valence-electron chi connectivity index (χ3n) is 8.44. The van der Waals surface area contributed by atoms with Crippen molar-refractivity contribution in [1.29, 1.82) is 0 Å². The Morgan fingerprint density at radius 3 is 2.60 bits per heavy atom. The molecule has 1 saturated carbocycles. The minimum atomic E-state index is -4.87. The third-order valence-corrected chi connectivity index (χ3v) is 8.44. The molecule has 2 N–H and O–H groups in total. The fraction of sp³-hybridized carbons (Fsp3) is 0.433. The Morgan fingerprint density at radius 1 is 1.17 bits per heavy atom. The minimum absolute atomic E-state index is 0.0728. The molecule has 0 spiro atoms. The molecule has 0 bridgehead atoms. The van der Waals surface area contributed by atoms with Crippen molar-refractivity contribution < 1.29 is 31.9 Å². The van der Waals surface area contributed by atoms with Crippen LogP contribution in [0, 0.1) is 17.6 Å². The first-order valence-corrected chi connectivity index (χ1v) is 13.8. The summed E-state index contributed by atoms with van der Waals surface area (Å²) in [5.74, 6) is -3.74. The Hall–Kier alpha value is -3.80. The van der Waals surface area contributed by atoms with E-state index in [1.54, 1.807) is 0 Å². The lowest BCUT2D eigenvalue weighted by molar-refractivity contribution is -0.139. The second-order valence-corrected chi connectivity index (χ2v) is 12.0. The van der Waals surface area contributed by atoms with Crippen LogP contribution in [0.4, 0.5) is 45.1 Å². The molecule has 1 aromatic heterocycles. The lowest BCUT2D eigenvalue weighted by Gasteiger charge is -2.28. The number of carboxylic acid groups (broad SMARTS) is 1. The van der Waals surface area contributed by atoms with E-state index in [1.807, 2.05) is 19.2 Å². The number of hydrogen-bond acceptors (Lipinski definition) is 6. The molecule has 6 rings (SSSR count). The molecule has 1 atom stereocenters. The highest BCUT2D eigenvalue weighted by molar-refractivity contribution is 5.77. The fourth-order valence-electron chi connectivity index (χ4n) is 6.22. The first kappa shape index (κ1) is 28.3. The summed E-state index contributed by atoms with van der Waals surface area (Å²) in [5, 5.41) is 12.6. The number of alkyl halides is 3. The molecule has 7 nitrogen and oxygen atoms in total. The molecule has 3 aromatic rings. The normalized spacial score (nSPS) is 20.4. The smallest absolute Gasteiger partial charge is 0.421 e. The zero-order valence-electron chi connectivity index (χ0n) is 23.2. The van der Waals surface area contributed by atoms with Gasteiger partial charge in [-0.15, -0.1) is 0 Å². The molecule has 1 unspecified atom stereocenters. The van der Waals surface area contributed by atoms with Gasteiger partial charge in [-0.1, -0.05) is 6.92 Å². The molecule has 12 heteroatoms. The van der Waals surface area contributed by atoms with Gasteiger partial charge in [0.2, 0.25) is 5.95 Å². The zero-order chi connectivity index (χ0) is 30.0. The molecular formula is C30H30F5N5O2. The van der Waals surface area contributed by atoms with Crippen LogP contribution in [-0.2, 0) is 35.8 Å². The second kappa shape index (κ2) is 10.2. The van der Waals surface area contributed by atoms with E-state index in [9.17, 15) is 31.9 Å². The van der Waals surface area contributed by atoms with Gasteiger partial charge in [-0.3, -0.25) is 4.79 Å². The van der Waals surface area contributed by atoms with Crippen LogP contribution in [0.25, 0.3) is 0 Å². The van der Waals surface area contributed by atoms with E-state index in [4.69, 9.17) is 0 Å². The number of hydrogen-bond donors (Lipinski definition) is 2. The maximum absolute atomic E-state index is 14.4. The largest absolute Gasteiger partial charge is 0.481 e. The lowest BCUT2D eigenvalue weighted by Crippen LogP contribution is -2.32. The fourth-order valence-corrected chi connectivity index (χ4v) is 6.22. The highest BCUT2D eigenvalue weighted by Crippen LogP contribution is 2.49. The van der Waals surface area contributed by atoms with Crippen molar-refractivity contribution in [2.75, 3.05) is 30.4 Å². The third kappa shape index (κ3) is 5.39. The van der Waals surface area contributed by atoms with Gasteiger partial charge in [0, 0.05) is 48.7 Å². The quantitative estimate of drug-likeness (QED) is 0.312. The molecule has 0 radical (unpaired) electrons. The van der Waals surface area contributed by atoms with Gasteiger partial charge in [0.05, 0.1) is 6.42 Å². The number of anilines is 4. The molecule has 1 aliphatic carbocycles. The molecule has 2 aromatic carbocycles. The van der Waals surface area contributed by atoms with Crippen LogP contribution in [0.15, 0.2) is 30.5 Å². The van der Waals surface area contributed by atoms with E-state index in [0.717, 1.165) is 48.5 Å². The topological polar surface area (TPSA) is 81.6 Å². The van der Waals surface area contributed by atoms with Gasteiger partial charge < -0.3 is 20.2 Å². The molecule has 0 amide bonds. The summed E-state index contributed by atoms with van der Waals surface area (Å²) in [6.45, 7) is 2.91. The summed E-state index contributed by atoms with van der Waals surface area (Å²) in [6, 6.07) is 5.62. The summed E-state index contributed by atoms with van der Waals surface area (Å²) in [5.41, 5.74) is 1.87. The SMILES string of the molecule is CN1CCc2c(CC3CC3)cc(Nc3ncc(C(F)(F)F)c(N4CC(C)(CC(=O)O)c5cc(F)c(F)cc54)n3)cc2C1. The van der Waals surface area contributed by atoms with Crippen molar-refractivity contribution in [3.8, 4) is 0 Å². The van der Waals surface area contributed by atoms with Crippen molar-refractivity contribution in [1.82, 2.24) is 14.9 Å². The number of carbonyl (C=O) groups is 1. The highest BCUT2D eigenvalue weighted by Gasteiger charge is 2.46. The molecule has 3 aliphatic rings. The lowest BCUT2D eigenvalue weighted by atomic mass is 9.81. The van der Waals surface area contributed by atoms with Crippen LogP contribution >= 0.6 is 0 Å². The first-order chi connectivity index (χ1) is 19.8. The summed E-state index contributed by atoms with van der Waals surface area (Å²) in [4.78, 5) is 23.2. The number of aliphatic carboxylic acids is 1. The van der Waals surface area contributed by atoms with Crippen LogP contribution in [0.1, 0.15) is 54.0 Å². The Labute approximate surface area is 239 Å². The van der Waals surface area contributed by atoms with Gasteiger partial charge in [-0.05, 0) is 79.1 Å². The van der Waals surface area contributed by atoms with Gasteiger partial charge in [-0.25, -0.2) is 13.8 Å². The van der Waals surface area contributed by atoms with Crippen molar-refractivity contribution in [3.63, 3.8) is 0 Å². The standard InChI is InChI=1S/C30H30F5N5O2/c1-29(12-26(41)42)15-40(25-11-24(32)23(31)10-21(25)29)27-22(30(33,34)35)13-36-28(38-27)37-19-8-17(7-16-3-4-16)20-5-6-39(2)14-18(20)9-19/h8-11,13,16H,3-7,12,14-15H2,1-2H3,(H,41,42)(H,36,37,38). The average Bonchev–Trinajstić information content (AvgIpc) is 3.67. The molecule has 0 saturated heterocycles. The van der Waals surface area contributed by atoms with E-state index < -0.39 is 47.0 Å². The van der Waals surface area contributed by atoms with Gasteiger partial charge >= 0.3 is 12.1 Å². The van der Waals surface area contributed by atoms with E-state index in [2.05, 4.69) is 20.2 Å². The summed E-state index contributed by atoms with van der Waals surface area (Å²) < 4.78 is 71.3. The van der Waals surface area contributed by atoms with E-state index in [-0.39, 0.29) is 23.7 Å². The van der Waals surface area contributed by atoms with Gasteiger partial charge in [0.15, 0.2) is 17.5 Å². The predicted molar refractivity (Wildman–Crippen MR) is 146 cm³/mol. The Balaban J connectivity index is 1.42. The van der Waals surface area contributed by atoms with Crippen LogP contribution < -0.4 is 10.2 Å². The summed E-state index contributed by atoms with van der Waals surface area (Å²) >= 11 is 0. The van der Waals surface area contributed by atoms with Crippen LogP contribution in [0.3, 0.4) is 0 Å². The van der Waals surface area contributed by atoms with Gasteiger partial charge in [-0.2, -0.15) is 18.2 Å². The maximum atomic E-state index is 14.4.